The van der Waals surface area contributed by atoms with Gasteiger partial charge < -0.3 is 5.11 Å². The SMILES string of the molecule is CC(C)CCn1cc(-c2ccc(O)c(N3CC(=O)NS3(=O)=O)c2)cn1. The van der Waals surface area contributed by atoms with Crippen molar-refractivity contribution in [1.29, 1.82) is 0 Å². The molecule has 8 nitrogen and oxygen atoms in total. The van der Waals surface area contributed by atoms with E-state index in [1.165, 1.54) is 12.1 Å². The van der Waals surface area contributed by atoms with Gasteiger partial charge in [-0.05, 0) is 30.0 Å². The van der Waals surface area contributed by atoms with Gasteiger partial charge in [0.1, 0.15) is 12.3 Å². The van der Waals surface area contributed by atoms with Crippen molar-refractivity contribution >= 4 is 21.8 Å². The summed E-state index contributed by atoms with van der Waals surface area (Å²) in [6.07, 6.45) is 4.57. The Kier molecular flexibility index (Phi) is 4.42. The quantitative estimate of drug-likeness (QED) is 0.836. The van der Waals surface area contributed by atoms with E-state index >= 15 is 0 Å². The highest BCUT2D eigenvalue weighted by molar-refractivity contribution is 7.92. The third-order valence-corrected chi connectivity index (χ3v) is 5.36. The fraction of sp³-hybridized carbons (Fsp3) is 0.375. The van der Waals surface area contributed by atoms with Crippen LogP contribution in [0.4, 0.5) is 5.69 Å². The number of aromatic nitrogens is 2. The summed E-state index contributed by atoms with van der Waals surface area (Å²) in [7, 11) is -3.97. The number of rotatable bonds is 5. The molecule has 1 aliphatic rings. The number of carbonyl (C=O) groups is 1. The number of carbonyl (C=O) groups excluding carboxylic acids is 1. The highest BCUT2D eigenvalue weighted by Crippen LogP contribution is 2.34. The standard InChI is InChI=1S/C16H20N4O4S/c1-11(2)5-6-19-9-13(8-17-19)12-3-4-15(21)14(7-12)20-10-16(22)18-25(20,23)24/h3-4,7-9,11,21H,5-6,10H2,1-2H3,(H,18,22). The lowest BCUT2D eigenvalue weighted by Gasteiger charge is -2.16. The Hall–Kier alpha value is -2.55. The van der Waals surface area contributed by atoms with E-state index < -0.39 is 16.1 Å². The van der Waals surface area contributed by atoms with Gasteiger partial charge in [0.05, 0.1) is 11.9 Å². The second-order valence-corrected chi connectivity index (χ2v) is 8.01. The van der Waals surface area contributed by atoms with Crippen molar-refractivity contribution in [2.75, 3.05) is 10.8 Å². The van der Waals surface area contributed by atoms with Crippen LogP contribution in [0.5, 0.6) is 5.75 Å². The number of nitrogens with zero attached hydrogens (tertiary/aromatic N) is 3. The highest BCUT2D eigenvalue weighted by atomic mass is 32.2. The van der Waals surface area contributed by atoms with Gasteiger partial charge in [0.25, 0.3) is 5.91 Å². The van der Waals surface area contributed by atoms with E-state index in [2.05, 4.69) is 18.9 Å². The third-order valence-electron chi connectivity index (χ3n) is 3.97. The molecule has 0 atom stereocenters. The Morgan fingerprint density at radius 1 is 1.32 bits per heavy atom. The van der Waals surface area contributed by atoms with Crippen molar-refractivity contribution in [3.63, 3.8) is 0 Å². The minimum absolute atomic E-state index is 0.0609. The Morgan fingerprint density at radius 3 is 2.72 bits per heavy atom. The maximum absolute atomic E-state index is 12.0. The summed E-state index contributed by atoms with van der Waals surface area (Å²) in [5.41, 5.74) is 1.57. The topological polar surface area (TPSA) is 105 Å². The van der Waals surface area contributed by atoms with E-state index in [9.17, 15) is 18.3 Å². The molecule has 0 saturated carbocycles. The van der Waals surface area contributed by atoms with Gasteiger partial charge >= 0.3 is 10.2 Å². The summed E-state index contributed by atoms with van der Waals surface area (Å²) in [5, 5.41) is 14.4. The van der Waals surface area contributed by atoms with Crippen LogP contribution >= 0.6 is 0 Å². The predicted octanol–water partition coefficient (Wildman–Crippen LogP) is 1.48. The Bertz CT molecular complexity index is 905. The van der Waals surface area contributed by atoms with Gasteiger partial charge in [0.2, 0.25) is 0 Å². The molecule has 1 aromatic heterocycles. The molecule has 1 saturated heterocycles. The molecular formula is C16H20N4O4S. The molecule has 1 aromatic carbocycles. The average molecular weight is 364 g/mol. The maximum atomic E-state index is 12.0. The van der Waals surface area contributed by atoms with Gasteiger partial charge in [0.15, 0.2) is 0 Å². The fourth-order valence-electron chi connectivity index (χ4n) is 2.59. The van der Waals surface area contributed by atoms with Crippen molar-refractivity contribution in [2.24, 2.45) is 5.92 Å². The summed E-state index contributed by atoms with van der Waals surface area (Å²) in [4.78, 5) is 11.4. The van der Waals surface area contributed by atoms with Gasteiger partial charge in [-0.15, -0.1) is 0 Å². The zero-order valence-corrected chi connectivity index (χ0v) is 14.8. The maximum Gasteiger partial charge on any atom is 0.326 e. The highest BCUT2D eigenvalue weighted by Gasteiger charge is 2.35. The van der Waals surface area contributed by atoms with E-state index in [1.54, 1.807) is 12.3 Å². The molecule has 2 heterocycles. The average Bonchev–Trinajstić information content (AvgIpc) is 3.09. The molecule has 0 aliphatic carbocycles. The molecule has 25 heavy (non-hydrogen) atoms. The molecule has 3 rings (SSSR count). The number of hydrogen-bond donors (Lipinski definition) is 2. The van der Waals surface area contributed by atoms with Crippen LogP contribution in [0.15, 0.2) is 30.6 Å². The van der Waals surface area contributed by atoms with Crippen LogP contribution in [0.25, 0.3) is 11.1 Å². The van der Waals surface area contributed by atoms with Gasteiger partial charge in [-0.2, -0.15) is 13.5 Å². The normalized spacial score (nSPS) is 16.4. The predicted molar refractivity (Wildman–Crippen MR) is 93.2 cm³/mol. The first-order chi connectivity index (χ1) is 11.8. The molecule has 2 aromatic rings. The Balaban J connectivity index is 1.91. The molecule has 134 valence electrons. The summed E-state index contributed by atoms with van der Waals surface area (Å²) in [6.45, 7) is 4.72. The first-order valence-corrected chi connectivity index (χ1v) is 9.39. The van der Waals surface area contributed by atoms with Crippen molar-refractivity contribution in [1.82, 2.24) is 14.5 Å². The van der Waals surface area contributed by atoms with E-state index in [4.69, 9.17) is 0 Å². The van der Waals surface area contributed by atoms with Gasteiger partial charge in [-0.25, -0.2) is 9.03 Å². The Labute approximate surface area is 146 Å². The molecule has 1 amide bonds. The van der Waals surface area contributed by atoms with Crippen molar-refractivity contribution in [3.8, 4) is 16.9 Å². The van der Waals surface area contributed by atoms with Gasteiger partial charge in [-0.3, -0.25) is 9.48 Å². The first kappa shape index (κ1) is 17.3. The van der Waals surface area contributed by atoms with Gasteiger partial charge in [0, 0.05) is 18.3 Å². The number of benzene rings is 1. The van der Waals surface area contributed by atoms with Gasteiger partial charge in [-0.1, -0.05) is 19.9 Å². The van der Waals surface area contributed by atoms with Crippen molar-refractivity contribution < 1.29 is 18.3 Å². The lowest BCUT2D eigenvalue weighted by Crippen LogP contribution is -2.29. The molecule has 1 fully saturated rings. The third kappa shape index (κ3) is 3.60. The van der Waals surface area contributed by atoms with E-state index in [0.29, 0.717) is 11.5 Å². The van der Waals surface area contributed by atoms with Crippen molar-refractivity contribution in [2.45, 2.75) is 26.8 Å². The molecule has 0 bridgehead atoms. The Morgan fingerprint density at radius 2 is 2.08 bits per heavy atom. The van der Waals surface area contributed by atoms with Crippen LogP contribution in [-0.2, 0) is 21.5 Å². The van der Waals surface area contributed by atoms with E-state index in [0.717, 1.165) is 22.8 Å². The second kappa shape index (κ2) is 6.40. The van der Waals surface area contributed by atoms with Crippen LogP contribution in [0.3, 0.4) is 0 Å². The molecule has 0 unspecified atom stereocenters. The smallest absolute Gasteiger partial charge is 0.326 e. The van der Waals surface area contributed by atoms with Crippen LogP contribution in [-0.4, -0.2) is 35.8 Å². The first-order valence-electron chi connectivity index (χ1n) is 7.95. The van der Waals surface area contributed by atoms with Crippen LogP contribution < -0.4 is 9.03 Å². The van der Waals surface area contributed by atoms with Crippen molar-refractivity contribution in [3.05, 3.63) is 30.6 Å². The molecule has 0 radical (unpaired) electrons. The number of anilines is 1. The summed E-state index contributed by atoms with van der Waals surface area (Å²) in [5.74, 6) is -0.277. The van der Waals surface area contributed by atoms with E-state index in [1.807, 2.05) is 15.6 Å². The largest absolute Gasteiger partial charge is 0.506 e. The number of phenolic OH excluding ortho intramolecular Hbond substituents is 1. The number of hydrogen-bond acceptors (Lipinski definition) is 5. The van der Waals surface area contributed by atoms with Crippen LogP contribution in [0.1, 0.15) is 20.3 Å². The number of amides is 1. The number of aryl methyl sites for hydroxylation is 1. The molecular weight excluding hydrogens is 344 g/mol. The van der Waals surface area contributed by atoms with Crippen LogP contribution in [0, 0.1) is 5.92 Å². The summed E-state index contributed by atoms with van der Waals surface area (Å²) < 4.78 is 28.6. The monoisotopic (exact) mass is 364 g/mol. The summed E-state index contributed by atoms with van der Waals surface area (Å²) in [6, 6.07) is 4.63. The second-order valence-electron chi connectivity index (χ2n) is 6.42. The minimum Gasteiger partial charge on any atom is -0.506 e. The molecule has 2 N–H and O–H groups in total. The zero-order valence-electron chi connectivity index (χ0n) is 14.0. The minimum atomic E-state index is -3.97. The number of aromatic hydroxyl groups is 1. The molecule has 0 spiro atoms. The molecule has 9 heteroatoms. The lowest BCUT2D eigenvalue weighted by molar-refractivity contribution is -0.117. The lowest BCUT2D eigenvalue weighted by atomic mass is 10.1. The zero-order chi connectivity index (χ0) is 18.2. The number of phenols is 1. The number of nitrogens with one attached hydrogen (secondary N) is 1. The summed E-state index contributed by atoms with van der Waals surface area (Å²) >= 11 is 0. The van der Waals surface area contributed by atoms with E-state index in [-0.39, 0.29) is 18.0 Å². The molecule has 1 aliphatic heterocycles. The fourth-order valence-corrected chi connectivity index (χ4v) is 3.74. The van der Waals surface area contributed by atoms with Crippen LogP contribution in [0.2, 0.25) is 0 Å².